The Labute approximate surface area is 360 Å². The van der Waals surface area contributed by atoms with E-state index in [9.17, 15) is 19.2 Å². The molecule has 0 unspecified atom stereocenters. The fraction of sp³-hybridized carbons (Fsp3) is 0.286. The van der Waals surface area contributed by atoms with Gasteiger partial charge in [-0.2, -0.15) is 0 Å². The van der Waals surface area contributed by atoms with Crippen molar-refractivity contribution in [1.29, 1.82) is 0 Å². The van der Waals surface area contributed by atoms with E-state index in [0.29, 0.717) is 34.8 Å². The molecular formula is C42H43ClN12O7. The maximum atomic E-state index is 12.8. The van der Waals surface area contributed by atoms with Crippen molar-refractivity contribution in [3.8, 4) is 11.5 Å². The molecule has 320 valence electrons. The highest BCUT2D eigenvalue weighted by atomic mass is 35.5. The number of rotatable bonds is 7. The van der Waals surface area contributed by atoms with E-state index in [2.05, 4.69) is 57.8 Å². The van der Waals surface area contributed by atoms with Gasteiger partial charge in [-0.1, -0.05) is 60.7 Å². The summed E-state index contributed by atoms with van der Waals surface area (Å²) in [5.41, 5.74) is 7.54. The normalized spacial score (nSPS) is 18.8. The van der Waals surface area contributed by atoms with Crippen LogP contribution in [-0.2, 0) is 20.4 Å². The Balaban J connectivity index is 0.000000153. The van der Waals surface area contributed by atoms with E-state index in [0.717, 1.165) is 36.8 Å². The number of H-pyrrole nitrogens is 2. The number of hydrogen-bond donors (Lipinski definition) is 5. The van der Waals surface area contributed by atoms with Crippen LogP contribution in [0.2, 0.25) is 0 Å². The lowest BCUT2D eigenvalue weighted by molar-refractivity contribution is -0.121. The van der Waals surface area contributed by atoms with Crippen LogP contribution >= 0.6 is 12.4 Å². The van der Waals surface area contributed by atoms with E-state index in [1.807, 2.05) is 48.5 Å². The molecule has 0 bridgehead atoms. The van der Waals surface area contributed by atoms with Gasteiger partial charge in [0.2, 0.25) is 11.7 Å². The van der Waals surface area contributed by atoms with Crippen LogP contribution in [0.25, 0.3) is 0 Å². The maximum Gasteiger partial charge on any atom is 0.375 e. The highest BCUT2D eigenvalue weighted by Gasteiger charge is 2.50. The number of carboxylic acids is 1. The first-order valence-electron chi connectivity index (χ1n) is 19.5. The van der Waals surface area contributed by atoms with Gasteiger partial charge >= 0.3 is 5.97 Å². The van der Waals surface area contributed by atoms with Crippen molar-refractivity contribution in [2.45, 2.75) is 48.6 Å². The number of halogens is 1. The molecular weight excluding hydrogens is 820 g/mol. The molecule has 20 heteroatoms. The molecule has 19 nitrogen and oxygen atoms in total. The minimum absolute atomic E-state index is 0. The standard InChI is InChI=1S/C21H20N6O3.C12H11N3O2.C9H11N3O2.ClH/c1-27-17-15(8-5-11-22-17)30-12-14(19(27)29)23-18(28)16-24-20(26-25-16)21(9-10-21)13-6-3-2-4-7-13;16-10(17)9-13-11(15-14-9)12(6-7-12)8-4-2-1-3-5-8;1-12-8-7(3-2-4-11-8)14-5-6(10)9(12)13;/h2-8,11,14H,9-10,12H2,1H3,(H,23,28)(H,24,25,26);1-5H,6-7H2,(H,16,17)(H,13,14,15);2-4,6H,5,10H2,1H3;1H/t14-;;6-;/m0.0./s1. The number of nitrogens with one attached hydrogen (secondary N) is 3. The molecule has 2 atom stereocenters. The Hall–Kier alpha value is -7.25. The monoisotopic (exact) mass is 862 g/mol. The SMILES string of the molecule is CN1C(=O)[C@@H](N)COc2cccnc21.CN1C(=O)[C@@H](NC(=O)c2n[nH]c(C3(c4ccccc4)CC3)n2)COc2cccnc21.Cl.O=C(O)c1n[nH]c(C2(c3ccccc3)CC2)n1. The Morgan fingerprint density at radius 3 is 1.66 bits per heavy atom. The topological polar surface area (TPSA) is 260 Å². The number of aromatic carboxylic acids is 1. The number of aromatic amines is 2. The van der Waals surface area contributed by atoms with Gasteiger partial charge < -0.3 is 25.6 Å². The second-order valence-corrected chi connectivity index (χ2v) is 14.9. The second kappa shape index (κ2) is 17.8. The van der Waals surface area contributed by atoms with Gasteiger partial charge in [-0.15, -0.1) is 22.6 Å². The van der Waals surface area contributed by atoms with Crippen LogP contribution in [0.3, 0.4) is 0 Å². The number of hydrogen-bond acceptors (Lipinski definition) is 13. The molecule has 0 saturated heterocycles. The zero-order valence-corrected chi connectivity index (χ0v) is 34.4. The van der Waals surface area contributed by atoms with Crippen LogP contribution in [0.15, 0.2) is 97.3 Å². The van der Waals surface area contributed by atoms with Gasteiger partial charge in [-0.3, -0.25) is 34.4 Å². The lowest BCUT2D eigenvalue weighted by Crippen LogP contribution is -2.49. The Kier molecular flexibility index (Phi) is 12.3. The molecule has 2 aliphatic carbocycles. The summed E-state index contributed by atoms with van der Waals surface area (Å²) in [5.74, 6) is 1.04. The Bertz CT molecular complexity index is 2560. The number of likely N-dealkylation sites (N-methyl/N-ethyl adjacent to an activating group) is 2. The third-order valence-electron chi connectivity index (χ3n) is 11.0. The van der Waals surface area contributed by atoms with E-state index in [1.165, 1.54) is 9.80 Å². The van der Waals surface area contributed by atoms with Gasteiger partial charge in [0.25, 0.3) is 17.6 Å². The number of fused-ring (bicyclic) bond motifs is 2. The fourth-order valence-corrected chi connectivity index (χ4v) is 7.24. The zero-order chi connectivity index (χ0) is 42.7. The lowest BCUT2D eigenvalue weighted by atomic mass is 9.95. The number of anilines is 2. The molecule has 6 heterocycles. The van der Waals surface area contributed by atoms with Gasteiger partial charge in [-0.05, 0) is 61.1 Å². The molecule has 2 saturated carbocycles. The molecule has 4 aromatic heterocycles. The van der Waals surface area contributed by atoms with Crippen molar-refractivity contribution in [2.24, 2.45) is 5.73 Å². The summed E-state index contributed by atoms with van der Waals surface area (Å²) in [6, 6.07) is 25.5. The van der Waals surface area contributed by atoms with E-state index < -0.39 is 24.0 Å². The number of nitrogens with zero attached hydrogens (tertiary/aromatic N) is 8. The Morgan fingerprint density at radius 1 is 0.710 bits per heavy atom. The number of pyridine rings is 2. The van der Waals surface area contributed by atoms with Gasteiger partial charge in [0.1, 0.15) is 36.9 Å². The number of benzene rings is 2. The molecule has 6 aromatic rings. The summed E-state index contributed by atoms with van der Waals surface area (Å²) in [7, 11) is 3.24. The number of amides is 3. The molecule has 2 aliphatic heterocycles. The number of carbonyl (C=O) groups is 4. The number of nitrogens with two attached hydrogens (primary N) is 1. The van der Waals surface area contributed by atoms with E-state index in [1.54, 1.807) is 50.8 Å². The predicted octanol–water partition coefficient (Wildman–Crippen LogP) is 3.20. The van der Waals surface area contributed by atoms with Crippen molar-refractivity contribution in [2.75, 3.05) is 37.1 Å². The summed E-state index contributed by atoms with van der Waals surface area (Å²) in [6.45, 7) is 0.195. The molecule has 0 radical (unpaired) electrons. The van der Waals surface area contributed by atoms with Crippen LogP contribution in [0, 0.1) is 0 Å². The van der Waals surface area contributed by atoms with Crippen LogP contribution in [0.4, 0.5) is 11.6 Å². The van der Waals surface area contributed by atoms with Gasteiger partial charge in [0.15, 0.2) is 23.1 Å². The smallest absolute Gasteiger partial charge is 0.375 e. The summed E-state index contributed by atoms with van der Waals surface area (Å²) >= 11 is 0. The van der Waals surface area contributed by atoms with Crippen LogP contribution in [-0.4, -0.2) is 109 Å². The van der Waals surface area contributed by atoms with Crippen molar-refractivity contribution >= 4 is 47.7 Å². The van der Waals surface area contributed by atoms with E-state index >= 15 is 0 Å². The third-order valence-corrected chi connectivity index (χ3v) is 11.0. The summed E-state index contributed by atoms with van der Waals surface area (Å²) in [4.78, 5) is 67.4. The van der Waals surface area contributed by atoms with Gasteiger partial charge in [-0.25, -0.2) is 24.7 Å². The number of carboxylic acid groups (broad SMARTS) is 1. The molecule has 10 rings (SSSR count). The molecule has 3 amide bonds. The third kappa shape index (κ3) is 8.52. The quantitative estimate of drug-likeness (QED) is 0.155. The summed E-state index contributed by atoms with van der Waals surface area (Å²) < 4.78 is 11.0. The number of aromatic nitrogens is 8. The highest BCUT2D eigenvalue weighted by Crippen LogP contribution is 2.52. The minimum Gasteiger partial charge on any atom is -0.488 e. The first-order chi connectivity index (χ1) is 29.5. The lowest BCUT2D eigenvalue weighted by Gasteiger charge is -2.19. The minimum atomic E-state index is -1.10. The average molecular weight is 863 g/mol. The molecule has 62 heavy (non-hydrogen) atoms. The first kappa shape index (κ1) is 42.9. The number of ether oxygens (including phenoxy) is 2. The van der Waals surface area contributed by atoms with E-state index in [-0.39, 0.29) is 59.9 Å². The summed E-state index contributed by atoms with van der Waals surface area (Å²) in [5, 5.41) is 25.0. The first-order valence-corrected chi connectivity index (χ1v) is 19.5. The van der Waals surface area contributed by atoms with Crippen LogP contribution < -0.4 is 30.3 Å². The van der Waals surface area contributed by atoms with Gasteiger partial charge in [0.05, 0.1) is 10.8 Å². The highest BCUT2D eigenvalue weighted by molar-refractivity contribution is 6.01. The maximum absolute atomic E-state index is 12.8. The van der Waals surface area contributed by atoms with Crippen molar-refractivity contribution < 1.29 is 33.8 Å². The zero-order valence-electron chi connectivity index (χ0n) is 33.6. The molecule has 0 spiro atoms. The fourth-order valence-electron chi connectivity index (χ4n) is 7.24. The Morgan fingerprint density at radius 2 is 1.18 bits per heavy atom. The molecule has 2 aromatic carbocycles. The number of carbonyl (C=O) groups excluding carboxylic acids is 3. The van der Waals surface area contributed by atoms with Crippen LogP contribution in [0.5, 0.6) is 11.5 Å². The summed E-state index contributed by atoms with van der Waals surface area (Å²) in [6.07, 6.45) is 7.04. The van der Waals surface area contributed by atoms with Crippen LogP contribution in [0.1, 0.15) is 69.7 Å². The van der Waals surface area contributed by atoms with Crippen molar-refractivity contribution in [1.82, 2.24) is 45.6 Å². The largest absolute Gasteiger partial charge is 0.488 e. The molecule has 2 fully saturated rings. The average Bonchev–Trinajstić information content (AvgIpc) is 4.19. The predicted molar refractivity (Wildman–Crippen MR) is 225 cm³/mol. The van der Waals surface area contributed by atoms with Crippen molar-refractivity contribution in [3.05, 3.63) is 132 Å². The van der Waals surface area contributed by atoms with E-state index in [4.69, 9.17) is 20.3 Å². The molecule has 6 N–H and O–H groups in total. The second-order valence-electron chi connectivity index (χ2n) is 14.9. The van der Waals surface area contributed by atoms with Gasteiger partial charge in [0, 0.05) is 26.5 Å². The molecule has 4 aliphatic rings. The van der Waals surface area contributed by atoms with Crippen molar-refractivity contribution in [3.63, 3.8) is 0 Å².